The van der Waals surface area contributed by atoms with Crippen molar-refractivity contribution in [2.75, 3.05) is 0 Å². The van der Waals surface area contributed by atoms with Crippen molar-refractivity contribution < 1.29 is 4.79 Å². The average molecular weight is 452 g/mol. The van der Waals surface area contributed by atoms with Gasteiger partial charge in [0.05, 0.1) is 22.5 Å². The predicted octanol–water partition coefficient (Wildman–Crippen LogP) is 5.10. The molecule has 3 rings (SSSR count). The van der Waals surface area contributed by atoms with Crippen LogP contribution < -0.4 is 5.32 Å². The summed E-state index contributed by atoms with van der Waals surface area (Å²) in [6.45, 7) is 1.83. The van der Waals surface area contributed by atoms with Crippen LogP contribution in [0.3, 0.4) is 0 Å². The maximum atomic E-state index is 12.6. The lowest BCUT2D eigenvalue weighted by molar-refractivity contribution is 0.0939. The van der Waals surface area contributed by atoms with Crippen LogP contribution in [0.15, 0.2) is 53.4 Å². The van der Waals surface area contributed by atoms with Gasteiger partial charge in [-0.3, -0.25) is 19.7 Å². The summed E-state index contributed by atoms with van der Waals surface area (Å²) < 4.78 is 0.730. The normalized spacial score (nSPS) is 11.8. The number of amides is 1. The fraction of sp³-hybridized carbons (Fsp3) is 0.111. The summed E-state index contributed by atoms with van der Waals surface area (Å²) in [6.07, 6.45) is 4.70. The molecule has 1 aromatic carbocycles. The molecule has 0 fully saturated rings. The fourth-order valence-corrected chi connectivity index (χ4v) is 3.38. The van der Waals surface area contributed by atoms with Gasteiger partial charge < -0.3 is 5.32 Å². The molecule has 3 aromatic rings. The van der Waals surface area contributed by atoms with Gasteiger partial charge >= 0.3 is 0 Å². The number of pyridine rings is 1. The number of hydrogen-bond donors (Lipinski definition) is 1. The Morgan fingerprint density at radius 1 is 1.08 bits per heavy atom. The van der Waals surface area contributed by atoms with Gasteiger partial charge in [0, 0.05) is 33.6 Å². The maximum Gasteiger partial charge on any atom is 0.251 e. The van der Waals surface area contributed by atoms with E-state index in [0.29, 0.717) is 32.7 Å². The lowest BCUT2D eigenvalue weighted by atomic mass is 10.1. The van der Waals surface area contributed by atoms with Crippen LogP contribution in [0.4, 0.5) is 0 Å². The molecule has 8 heteroatoms. The predicted molar refractivity (Wildman–Crippen MR) is 105 cm³/mol. The quantitative estimate of drug-likeness (QED) is 0.599. The van der Waals surface area contributed by atoms with Gasteiger partial charge in [0.2, 0.25) is 0 Å². The Labute approximate surface area is 168 Å². The highest BCUT2D eigenvalue weighted by molar-refractivity contribution is 9.10. The molecule has 2 aromatic heterocycles. The smallest absolute Gasteiger partial charge is 0.251 e. The highest BCUT2D eigenvalue weighted by Crippen LogP contribution is 2.25. The van der Waals surface area contributed by atoms with Crippen LogP contribution >= 0.6 is 39.1 Å². The van der Waals surface area contributed by atoms with E-state index in [0.717, 1.165) is 4.47 Å². The number of rotatable bonds is 4. The zero-order valence-corrected chi connectivity index (χ0v) is 16.7. The molecule has 1 N–H and O–H groups in total. The first-order valence-electron chi connectivity index (χ1n) is 7.64. The van der Waals surface area contributed by atoms with Gasteiger partial charge in [-0.15, -0.1) is 0 Å². The van der Waals surface area contributed by atoms with Crippen molar-refractivity contribution in [2.24, 2.45) is 0 Å². The molecular weight excluding hydrogens is 439 g/mol. The van der Waals surface area contributed by atoms with E-state index < -0.39 is 0 Å². The fourth-order valence-electron chi connectivity index (χ4n) is 2.41. The van der Waals surface area contributed by atoms with Gasteiger partial charge in [-0.1, -0.05) is 39.1 Å². The topological polar surface area (TPSA) is 67.8 Å². The lowest BCUT2D eigenvalue weighted by Crippen LogP contribution is -2.28. The minimum atomic E-state index is -0.388. The van der Waals surface area contributed by atoms with Gasteiger partial charge in [-0.05, 0) is 37.3 Å². The van der Waals surface area contributed by atoms with Gasteiger partial charge in [0.15, 0.2) is 0 Å². The molecule has 0 bridgehead atoms. The third-order valence-corrected chi connectivity index (χ3v) is 4.48. The van der Waals surface area contributed by atoms with Crippen LogP contribution in [0, 0.1) is 0 Å². The van der Waals surface area contributed by atoms with Crippen LogP contribution in [-0.4, -0.2) is 20.9 Å². The molecule has 1 amide bonds. The Morgan fingerprint density at radius 3 is 2.54 bits per heavy atom. The number of hydrogen-bond acceptors (Lipinski definition) is 4. The average Bonchev–Trinajstić information content (AvgIpc) is 2.61. The first kappa shape index (κ1) is 18.8. The number of carbonyl (C=O) groups excluding carboxylic acids is 1. The maximum absolute atomic E-state index is 12.6. The van der Waals surface area contributed by atoms with E-state index >= 15 is 0 Å². The van der Waals surface area contributed by atoms with Crippen molar-refractivity contribution >= 4 is 45.0 Å². The molecule has 0 aliphatic carbocycles. The molecule has 1 atom stereocenters. The Kier molecular flexibility index (Phi) is 5.86. The van der Waals surface area contributed by atoms with Gasteiger partial charge in [0.1, 0.15) is 5.69 Å². The molecule has 1 unspecified atom stereocenters. The summed E-state index contributed by atoms with van der Waals surface area (Å²) in [5.41, 5.74) is 2.27. The zero-order valence-electron chi connectivity index (χ0n) is 13.6. The van der Waals surface area contributed by atoms with E-state index in [1.807, 2.05) is 6.92 Å². The molecule has 0 aliphatic heterocycles. The Morgan fingerprint density at radius 2 is 1.85 bits per heavy atom. The zero-order chi connectivity index (χ0) is 18.7. The van der Waals surface area contributed by atoms with E-state index in [2.05, 4.69) is 36.2 Å². The van der Waals surface area contributed by atoms with Crippen molar-refractivity contribution in [2.45, 2.75) is 13.0 Å². The monoisotopic (exact) mass is 450 g/mol. The minimum absolute atomic E-state index is 0.263. The summed E-state index contributed by atoms with van der Waals surface area (Å²) in [6, 6.07) is 8.13. The molecule has 0 saturated heterocycles. The second kappa shape index (κ2) is 8.12. The van der Waals surface area contributed by atoms with Crippen molar-refractivity contribution in [3.63, 3.8) is 0 Å². The molecule has 5 nitrogen and oxygen atoms in total. The summed E-state index contributed by atoms with van der Waals surface area (Å²) in [7, 11) is 0. The number of aromatic nitrogens is 3. The summed E-state index contributed by atoms with van der Waals surface area (Å²) in [5, 5.41) is 3.92. The van der Waals surface area contributed by atoms with E-state index in [1.165, 1.54) is 0 Å². The Balaban J connectivity index is 1.87. The number of halogens is 3. The van der Waals surface area contributed by atoms with E-state index in [1.54, 1.807) is 48.9 Å². The van der Waals surface area contributed by atoms with Gasteiger partial charge in [-0.2, -0.15) is 0 Å². The van der Waals surface area contributed by atoms with Gasteiger partial charge in [-0.25, -0.2) is 0 Å². The Hall–Kier alpha value is -2.02. The third-order valence-electron chi connectivity index (χ3n) is 3.58. The standard InChI is InChI=1S/C18H13BrCl2N4O/c1-10(25-18(26)11-6-12(19)8-14(21)7-11)16-17(23-5-4-22-16)15-3-2-13(20)9-24-15/h2-10H,1H3,(H,25,26). The number of carbonyl (C=O) groups is 1. The highest BCUT2D eigenvalue weighted by atomic mass is 79.9. The third kappa shape index (κ3) is 4.38. The lowest BCUT2D eigenvalue weighted by Gasteiger charge is -2.16. The van der Waals surface area contributed by atoms with Crippen molar-refractivity contribution in [1.82, 2.24) is 20.3 Å². The molecule has 0 radical (unpaired) electrons. The molecule has 0 spiro atoms. The summed E-state index contributed by atoms with van der Waals surface area (Å²) in [4.78, 5) is 25.6. The first-order valence-corrected chi connectivity index (χ1v) is 9.18. The number of benzene rings is 1. The number of nitrogens with one attached hydrogen (secondary N) is 1. The highest BCUT2D eigenvalue weighted by Gasteiger charge is 2.18. The Bertz CT molecular complexity index is 930. The van der Waals surface area contributed by atoms with Crippen molar-refractivity contribution in [1.29, 1.82) is 0 Å². The first-order chi connectivity index (χ1) is 12.4. The second-order valence-electron chi connectivity index (χ2n) is 5.51. The largest absolute Gasteiger partial charge is 0.344 e. The van der Waals surface area contributed by atoms with Crippen LogP contribution in [0.1, 0.15) is 29.0 Å². The van der Waals surface area contributed by atoms with E-state index in [9.17, 15) is 4.79 Å². The molecular formula is C18H13BrCl2N4O. The van der Waals surface area contributed by atoms with Crippen molar-refractivity contribution in [3.8, 4) is 11.4 Å². The van der Waals surface area contributed by atoms with E-state index in [4.69, 9.17) is 23.2 Å². The molecule has 0 aliphatic rings. The van der Waals surface area contributed by atoms with Crippen LogP contribution in [0.5, 0.6) is 0 Å². The van der Waals surface area contributed by atoms with Crippen LogP contribution in [0.25, 0.3) is 11.4 Å². The van der Waals surface area contributed by atoms with Crippen LogP contribution in [-0.2, 0) is 0 Å². The van der Waals surface area contributed by atoms with Gasteiger partial charge in [0.25, 0.3) is 5.91 Å². The molecule has 132 valence electrons. The minimum Gasteiger partial charge on any atom is -0.344 e. The van der Waals surface area contributed by atoms with Crippen molar-refractivity contribution in [3.05, 3.63) is 74.7 Å². The summed E-state index contributed by atoms with van der Waals surface area (Å²) in [5.74, 6) is -0.263. The molecule has 0 saturated carbocycles. The SMILES string of the molecule is CC(NC(=O)c1cc(Cl)cc(Br)c1)c1nccnc1-c1ccc(Cl)cn1. The van der Waals surface area contributed by atoms with E-state index in [-0.39, 0.29) is 11.9 Å². The number of nitrogens with zero attached hydrogens (tertiary/aromatic N) is 3. The molecule has 2 heterocycles. The second-order valence-corrected chi connectivity index (χ2v) is 7.29. The molecule has 26 heavy (non-hydrogen) atoms. The van der Waals surface area contributed by atoms with Crippen LogP contribution in [0.2, 0.25) is 10.0 Å². The summed E-state index contributed by atoms with van der Waals surface area (Å²) >= 11 is 15.2.